The Morgan fingerprint density at radius 1 is 1.04 bits per heavy atom. The molecule has 4 nitrogen and oxygen atoms in total. The molecular formula is C22H17BrN2O2. The summed E-state index contributed by atoms with van der Waals surface area (Å²) in [6, 6.07) is 20.5. The van der Waals surface area contributed by atoms with Gasteiger partial charge < -0.3 is 10.1 Å². The fraction of sp³-hybridized carbons (Fsp3) is 0.0909. The van der Waals surface area contributed by atoms with Crippen molar-refractivity contribution in [2.75, 3.05) is 11.9 Å². The number of ether oxygens (including phenoxy) is 1. The molecule has 1 aromatic heterocycles. The molecule has 0 atom stereocenters. The monoisotopic (exact) mass is 420 g/mol. The summed E-state index contributed by atoms with van der Waals surface area (Å²) in [5.41, 5.74) is 2.22. The van der Waals surface area contributed by atoms with E-state index < -0.39 is 0 Å². The number of anilines is 1. The largest absolute Gasteiger partial charge is 0.493 e. The van der Waals surface area contributed by atoms with Gasteiger partial charge in [0.15, 0.2) is 0 Å². The second-order valence-corrected chi connectivity index (χ2v) is 6.57. The van der Waals surface area contributed by atoms with Gasteiger partial charge in [-0.15, -0.1) is 0 Å². The van der Waals surface area contributed by atoms with Gasteiger partial charge in [0.1, 0.15) is 11.4 Å². The molecule has 0 aliphatic rings. The van der Waals surface area contributed by atoms with Crippen LogP contribution in [-0.4, -0.2) is 17.5 Å². The zero-order valence-corrected chi connectivity index (χ0v) is 16.1. The van der Waals surface area contributed by atoms with E-state index in [0.29, 0.717) is 18.0 Å². The van der Waals surface area contributed by atoms with Crippen molar-refractivity contribution in [1.29, 1.82) is 0 Å². The van der Waals surface area contributed by atoms with Crippen molar-refractivity contribution in [2.45, 2.75) is 6.42 Å². The predicted molar refractivity (Wildman–Crippen MR) is 110 cm³/mol. The maximum Gasteiger partial charge on any atom is 0.227 e. The first-order valence-electron chi connectivity index (χ1n) is 8.40. The van der Waals surface area contributed by atoms with E-state index >= 15 is 0 Å². The molecule has 0 saturated heterocycles. The summed E-state index contributed by atoms with van der Waals surface area (Å²) in [5, 5.41) is 2.87. The average Bonchev–Trinajstić information content (AvgIpc) is 2.68. The van der Waals surface area contributed by atoms with Crippen molar-refractivity contribution in [3.05, 3.63) is 88.7 Å². The van der Waals surface area contributed by atoms with Gasteiger partial charge in [-0.25, -0.2) is 4.98 Å². The third kappa shape index (κ3) is 6.28. The summed E-state index contributed by atoms with van der Waals surface area (Å²) >= 11 is 3.39. The number of benzene rings is 2. The Bertz CT molecular complexity index is 978. The molecule has 134 valence electrons. The van der Waals surface area contributed by atoms with Crippen molar-refractivity contribution >= 4 is 27.5 Å². The summed E-state index contributed by atoms with van der Waals surface area (Å²) in [6.45, 7) is 0.307. The number of carbonyl (C=O) groups is 1. The Morgan fingerprint density at radius 3 is 2.74 bits per heavy atom. The lowest BCUT2D eigenvalue weighted by atomic mass is 10.2. The van der Waals surface area contributed by atoms with Gasteiger partial charge in [0.05, 0.1) is 13.0 Å². The Kier molecular flexibility index (Phi) is 6.61. The average molecular weight is 421 g/mol. The first-order valence-corrected chi connectivity index (χ1v) is 9.20. The van der Waals surface area contributed by atoms with Crippen molar-refractivity contribution in [1.82, 2.24) is 4.98 Å². The zero-order chi connectivity index (χ0) is 18.9. The highest BCUT2D eigenvalue weighted by molar-refractivity contribution is 9.10. The molecule has 1 heterocycles. The lowest BCUT2D eigenvalue weighted by molar-refractivity contribution is -0.116. The number of nitrogens with zero attached hydrogens (tertiary/aromatic N) is 1. The van der Waals surface area contributed by atoms with Crippen LogP contribution in [0, 0.1) is 11.8 Å². The Hall–Kier alpha value is -3.10. The predicted octanol–water partition coefficient (Wildman–Crippen LogP) is 4.65. The first kappa shape index (κ1) is 18.7. The number of carbonyl (C=O) groups excluding carboxylic acids is 1. The SMILES string of the molecule is O=C(CCOc1cccc(Br)c1)Nc1cccc(C#Cc2ccccn2)c1. The van der Waals surface area contributed by atoms with Crippen molar-refractivity contribution in [2.24, 2.45) is 0 Å². The Balaban J connectivity index is 1.53. The minimum atomic E-state index is -0.111. The maximum absolute atomic E-state index is 12.1. The summed E-state index contributed by atoms with van der Waals surface area (Å²) in [6.07, 6.45) is 1.97. The van der Waals surface area contributed by atoms with E-state index in [4.69, 9.17) is 4.74 Å². The first-order chi connectivity index (χ1) is 13.2. The third-order valence-corrected chi connectivity index (χ3v) is 4.03. The van der Waals surface area contributed by atoms with E-state index in [0.717, 1.165) is 15.8 Å². The molecule has 0 bridgehead atoms. The molecule has 0 spiro atoms. The molecule has 3 rings (SSSR count). The molecule has 3 aromatic rings. The molecule has 27 heavy (non-hydrogen) atoms. The van der Waals surface area contributed by atoms with Crippen molar-refractivity contribution in [3.63, 3.8) is 0 Å². The number of rotatable bonds is 5. The maximum atomic E-state index is 12.1. The molecule has 0 aliphatic carbocycles. The van der Waals surface area contributed by atoms with Crippen LogP contribution in [0.2, 0.25) is 0 Å². The van der Waals surface area contributed by atoms with Crippen LogP contribution in [0.5, 0.6) is 5.75 Å². The van der Waals surface area contributed by atoms with Crippen LogP contribution in [0.15, 0.2) is 77.4 Å². The van der Waals surface area contributed by atoms with Gasteiger partial charge in [-0.1, -0.05) is 40.0 Å². The second kappa shape index (κ2) is 9.56. The molecule has 1 amide bonds. The molecule has 2 aromatic carbocycles. The van der Waals surface area contributed by atoms with Crippen LogP contribution in [0.3, 0.4) is 0 Å². The van der Waals surface area contributed by atoms with E-state index in [1.807, 2.05) is 66.7 Å². The van der Waals surface area contributed by atoms with Gasteiger partial charge >= 0.3 is 0 Å². The summed E-state index contributed by atoms with van der Waals surface area (Å²) in [4.78, 5) is 16.3. The van der Waals surface area contributed by atoms with E-state index in [-0.39, 0.29) is 12.3 Å². The van der Waals surface area contributed by atoms with E-state index in [2.05, 4.69) is 38.1 Å². The number of pyridine rings is 1. The minimum Gasteiger partial charge on any atom is -0.493 e. The normalized spacial score (nSPS) is 9.81. The molecule has 0 saturated carbocycles. The van der Waals surface area contributed by atoms with Crippen LogP contribution < -0.4 is 10.1 Å². The number of amides is 1. The van der Waals surface area contributed by atoms with Gasteiger partial charge in [-0.2, -0.15) is 0 Å². The Labute approximate surface area is 166 Å². The number of halogens is 1. The molecule has 0 radical (unpaired) electrons. The van der Waals surface area contributed by atoms with Gasteiger partial charge in [-0.05, 0) is 54.5 Å². The van der Waals surface area contributed by atoms with E-state index in [1.54, 1.807) is 6.20 Å². The summed E-state index contributed by atoms with van der Waals surface area (Å²) < 4.78 is 6.52. The number of hydrogen-bond donors (Lipinski definition) is 1. The topological polar surface area (TPSA) is 51.2 Å². The second-order valence-electron chi connectivity index (χ2n) is 5.65. The van der Waals surface area contributed by atoms with Gasteiger partial charge in [-0.3, -0.25) is 4.79 Å². The smallest absolute Gasteiger partial charge is 0.227 e. The minimum absolute atomic E-state index is 0.111. The molecule has 0 fully saturated rings. The zero-order valence-electron chi connectivity index (χ0n) is 14.5. The van der Waals surface area contributed by atoms with Crippen LogP contribution in [0.25, 0.3) is 0 Å². The standard InChI is InChI=1S/C22H17BrN2O2/c23-18-6-4-9-21(16-18)27-14-12-22(26)25-20-8-3-5-17(15-20)10-11-19-7-1-2-13-24-19/h1-9,13,15-16H,12,14H2,(H,25,26). The highest BCUT2D eigenvalue weighted by atomic mass is 79.9. The fourth-order valence-corrected chi connectivity index (χ4v) is 2.67. The molecule has 0 unspecified atom stereocenters. The molecule has 5 heteroatoms. The van der Waals surface area contributed by atoms with Crippen LogP contribution in [0.4, 0.5) is 5.69 Å². The van der Waals surface area contributed by atoms with E-state index in [1.165, 1.54) is 0 Å². The number of hydrogen-bond acceptors (Lipinski definition) is 3. The van der Waals surface area contributed by atoms with Crippen LogP contribution in [0.1, 0.15) is 17.7 Å². The van der Waals surface area contributed by atoms with E-state index in [9.17, 15) is 4.79 Å². The fourth-order valence-electron chi connectivity index (χ4n) is 2.29. The highest BCUT2D eigenvalue weighted by Gasteiger charge is 2.04. The van der Waals surface area contributed by atoms with Crippen LogP contribution in [-0.2, 0) is 4.79 Å². The van der Waals surface area contributed by atoms with Crippen LogP contribution >= 0.6 is 15.9 Å². The lowest BCUT2D eigenvalue weighted by Gasteiger charge is -2.08. The summed E-state index contributed by atoms with van der Waals surface area (Å²) in [7, 11) is 0. The van der Waals surface area contributed by atoms with Crippen molar-refractivity contribution < 1.29 is 9.53 Å². The van der Waals surface area contributed by atoms with Gasteiger partial charge in [0.25, 0.3) is 0 Å². The lowest BCUT2D eigenvalue weighted by Crippen LogP contribution is -2.15. The Morgan fingerprint density at radius 2 is 1.93 bits per heavy atom. The van der Waals surface area contributed by atoms with Crippen molar-refractivity contribution in [3.8, 4) is 17.6 Å². The number of nitrogens with one attached hydrogen (secondary N) is 1. The quantitative estimate of drug-likeness (QED) is 0.611. The molecular weight excluding hydrogens is 404 g/mol. The van der Waals surface area contributed by atoms with Gasteiger partial charge in [0.2, 0.25) is 5.91 Å². The highest BCUT2D eigenvalue weighted by Crippen LogP contribution is 2.18. The molecule has 1 N–H and O–H groups in total. The third-order valence-electron chi connectivity index (χ3n) is 3.54. The summed E-state index contributed by atoms with van der Waals surface area (Å²) in [5.74, 6) is 6.67. The molecule has 0 aliphatic heterocycles. The number of aromatic nitrogens is 1. The van der Waals surface area contributed by atoms with Gasteiger partial charge in [0, 0.05) is 21.9 Å².